The molecule has 4 nitrogen and oxygen atoms in total. The van der Waals surface area contributed by atoms with Crippen molar-refractivity contribution in [3.05, 3.63) is 0 Å². The molecule has 0 fully saturated rings. The van der Waals surface area contributed by atoms with Gasteiger partial charge in [0.25, 0.3) is 0 Å². The Morgan fingerprint density at radius 3 is 1.14 bits per heavy atom. The van der Waals surface area contributed by atoms with Crippen molar-refractivity contribution in [2.75, 3.05) is 0 Å². The molecule has 0 rings (SSSR count). The molecule has 0 saturated carbocycles. The van der Waals surface area contributed by atoms with E-state index in [1.807, 2.05) is 0 Å². The first-order valence-electron chi connectivity index (χ1n) is 0.698. The van der Waals surface area contributed by atoms with E-state index in [9.17, 15) is 0 Å². The van der Waals surface area contributed by atoms with Crippen LogP contribution < -0.4 is 0 Å². The molecule has 0 atom stereocenters. The zero-order valence-corrected chi connectivity index (χ0v) is 4.72. The van der Waals surface area contributed by atoms with Gasteiger partial charge in [0.1, 0.15) is 0 Å². The van der Waals surface area contributed by atoms with Crippen molar-refractivity contribution in [1.82, 2.24) is 0 Å². The third-order valence-corrected chi connectivity index (χ3v) is 0. The van der Waals surface area contributed by atoms with Crippen molar-refractivity contribution in [3.63, 3.8) is 0 Å². The van der Waals surface area contributed by atoms with Crippen LogP contribution in [0.3, 0.4) is 0 Å². The number of rotatable bonds is 0. The van der Waals surface area contributed by atoms with Gasteiger partial charge in [-0.3, -0.25) is 9.11 Å². The maximum absolute atomic E-state index is 8.74. The van der Waals surface area contributed by atoms with Gasteiger partial charge in [0.15, 0.2) is 0 Å². The van der Waals surface area contributed by atoms with E-state index >= 15 is 0 Å². The molecule has 0 aromatic rings. The molecule has 0 saturated heterocycles. The van der Waals surface area contributed by atoms with Crippen LogP contribution in [0.15, 0.2) is 0 Å². The van der Waals surface area contributed by atoms with Crippen molar-refractivity contribution in [2.45, 2.75) is 7.43 Å². The van der Waals surface area contributed by atoms with Crippen LogP contribution in [-0.4, -0.2) is 17.5 Å². The van der Waals surface area contributed by atoms with Gasteiger partial charge in [0.2, 0.25) is 0 Å². The van der Waals surface area contributed by atoms with Crippen molar-refractivity contribution in [1.29, 1.82) is 0 Å². The molecule has 0 amide bonds. The fraction of sp³-hybridized carbons (Fsp3) is 1.00. The Morgan fingerprint density at radius 2 is 1.14 bits per heavy atom. The van der Waals surface area contributed by atoms with E-state index in [0.717, 1.165) is 0 Å². The van der Waals surface area contributed by atoms with E-state index in [0.29, 0.717) is 0 Å². The molecular weight excluding hydrogens is 216 g/mol. The topological polar surface area (TPSA) is 74.6 Å². The van der Waals surface area contributed by atoms with E-state index in [4.69, 9.17) is 17.5 Å². The predicted molar refractivity (Wildman–Crippen MR) is 20.9 cm³/mol. The first-order chi connectivity index (χ1) is 2.00. The van der Waals surface area contributed by atoms with Crippen molar-refractivity contribution < 1.29 is 39.9 Å². The average molecular weight is 222 g/mol. The summed E-state index contributed by atoms with van der Waals surface area (Å²) in [5.74, 6) is 0. The molecule has 0 aromatic heterocycles. The molecule has 1 radical (unpaired) electrons. The maximum Gasteiger partial charge on any atom is 0.394 e. The first-order valence-corrected chi connectivity index (χ1v) is 2.10. The smallest absolute Gasteiger partial charge is 0.264 e. The zero-order chi connectivity index (χ0) is 4.50. The van der Waals surface area contributed by atoms with E-state index in [1.165, 1.54) is 0 Å². The minimum atomic E-state index is -4.67. The summed E-state index contributed by atoms with van der Waals surface area (Å²) in [6.07, 6.45) is 0. The van der Waals surface area contributed by atoms with Gasteiger partial charge in [-0.15, -0.1) is 0 Å². The Morgan fingerprint density at radius 1 is 1.14 bits per heavy atom. The minimum absolute atomic E-state index is 0. The summed E-state index contributed by atoms with van der Waals surface area (Å²) in [5, 5.41) is 0. The van der Waals surface area contributed by atoms with Crippen LogP contribution in [0.25, 0.3) is 0 Å². The predicted octanol–water partition coefficient (Wildman–Crippen LogP) is -0.0192. The van der Waals surface area contributed by atoms with Gasteiger partial charge in [-0.2, -0.15) is 8.42 Å². The van der Waals surface area contributed by atoms with E-state index in [1.54, 1.807) is 0 Å². The second-order valence-electron chi connectivity index (χ2n) is 0.448. The molecule has 6 heteroatoms. The first kappa shape index (κ1) is 15.6. The Balaban J connectivity index is -0.0000000800. The molecule has 0 spiro atoms. The molecule has 2 N–H and O–H groups in total. The molecule has 0 bridgehead atoms. The van der Waals surface area contributed by atoms with Gasteiger partial charge in [-0.05, 0) is 0 Å². The van der Waals surface area contributed by atoms with Crippen LogP contribution in [0.5, 0.6) is 0 Å². The molecule has 0 aromatic carbocycles. The monoisotopic (exact) mass is 221 g/mol. The van der Waals surface area contributed by atoms with Gasteiger partial charge >= 0.3 is 10.4 Å². The summed E-state index contributed by atoms with van der Waals surface area (Å²) in [5.41, 5.74) is 0. The van der Waals surface area contributed by atoms with E-state index in [-0.39, 0.29) is 29.8 Å². The molecule has 0 heterocycles. The summed E-state index contributed by atoms with van der Waals surface area (Å²) in [6.45, 7) is 0. The Hall–Kier alpha value is 0.610. The summed E-state index contributed by atoms with van der Waals surface area (Å²) in [7, 11) is -4.67. The zero-order valence-electron chi connectivity index (χ0n) is 2.42. The Bertz CT molecular complexity index is 94.9. The molecule has 0 aliphatic rings. The largest absolute Gasteiger partial charge is 0.394 e. The van der Waals surface area contributed by atoms with Crippen molar-refractivity contribution in [3.8, 4) is 0 Å². The van der Waals surface area contributed by atoms with Crippen LogP contribution in [-0.2, 0) is 32.8 Å². The molecule has 7 heavy (non-hydrogen) atoms. The molecule has 51 valence electrons. The normalized spacial score (nSPS) is 8.29. The Labute approximate surface area is 58.0 Å². The summed E-state index contributed by atoms with van der Waals surface area (Å²) in [4.78, 5) is 0. The molecular formula is CH6AgO4S. The molecule has 0 unspecified atom stereocenters. The SMILES string of the molecule is C.O=S(=O)(O)O.[Ag]. The second kappa shape index (κ2) is 4.76. The van der Waals surface area contributed by atoms with E-state index < -0.39 is 10.4 Å². The van der Waals surface area contributed by atoms with Crippen LogP contribution in [0.2, 0.25) is 0 Å². The third-order valence-electron chi connectivity index (χ3n) is 0. The molecule has 0 aliphatic carbocycles. The summed E-state index contributed by atoms with van der Waals surface area (Å²) < 4.78 is 31.6. The van der Waals surface area contributed by atoms with Gasteiger partial charge in [-0.1, -0.05) is 7.43 Å². The fourth-order valence-corrected chi connectivity index (χ4v) is 0. The Kier molecular flexibility index (Phi) is 10.6. The second-order valence-corrected chi connectivity index (χ2v) is 1.34. The average Bonchev–Trinajstić information content (AvgIpc) is 0.722. The van der Waals surface area contributed by atoms with Gasteiger partial charge in [0, 0.05) is 22.4 Å². The standard InChI is InChI=1S/CH4.Ag.H2O4S/c;;1-5(2,3)4/h1H4;;(H2,1,2,3,4). The number of hydrogen-bond donors (Lipinski definition) is 2. The van der Waals surface area contributed by atoms with Gasteiger partial charge < -0.3 is 0 Å². The van der Waals surface area contributed by atoms with Crippen LogP contribution in [0.4, 0.5) is 0 Å². The fourth-order valence-electron chi connectivity index (χ4n) is 0. The van der Waals surface area contributed by atoms with Crippen molar-refractivity contribution >= 4 is 10.4 Å². The van der Waals surface area contributed by atoms with E-state index in [2.05, 4.69) is 0 Å². The quantitative estimate of drug-likeness (QED) is 0.446. The van der Waals surface area contributed by atoms with Crippen LogP contribution >= 0.6 is 0 Å². The summed E-state index contributed by atoms with van der Waals surface area (Å²) >= 11 is 0. The summed E-state index contributed by atoms with van der Waals surface area (Å²) in [6, 6.07) is 0. The number of hydrogen-bond acceptors (Lipinski definition) is 2. The van der Waals surface area contributed by atoms with Gasteiger partial charge in [0.05, 0.1) is 0 Å². The van der Waals surface area contributed by atoms with Crippen LogP contribution in [0.1, 0.15) is 7.43 Å². The van der Waals surface area contributed by atoms with Gasteiger partial charge in [-0.25, -0.2) is 0 Å². The molecule has 0 aliphatic heterocycles. The minimum Gasteiger partial charge on any atom is -0.264 e. The third kappa shape index (κ3) is 377. The maximum atomic E-state index is 8.74. The van der Waals surface area contributed by atoms with Crippen molar-refractivity contribution in [2.24, 2.45) is 0 Å². The van der Waals surface area contributed by atoms with Crippen LogP contribution in [0, 0.1) is 0 Å².